The first kappa shape index (κ1) is 29.0. The summed E-state index contributed by atoms with van der Waals surface area (Å²) in [6, 6.07) is 71.8. The molecule has 10 aromatic rings. The molecule has 0 radical (unpaired) electrons. The van der Waals surface area contributed by atoms with E-state index in [1.807, 2.05) is 0 Å². The summed E-state index contributed by atoms with van der Waals surface area (Å²) < 4.78 is 0. The average Bonchev–Trinajstić information content (AvgIpc) is 3.52. The van der Waals surface area contributed by atoms with Crippen molar-refractivity contribution >= 4 is 43.1 Å². The van der Waals surface area contributed by atoms with Gasteiger partial charge in [-0.1, -0.05) is 152 Å². The van der Waals surface area contributed by atoms with Crippen LogP contribution in [-0.2, 0) is 0 Å². The van der Waals surface area contributed by atoms with Crippen molar-refractivity contribution in [3.8, 4) is 66.8 Å². The highest BCUT2D eigenvalue weighted by molar-refractivity contribution is 6.28. The Bertz CT molecular complexity index is 3040. The maximum absolute atomic E-state index is 2.42. The van der Waals surface area contributed by atoms with Gasteiger partial charge >= 0.3 is 0 Å². The second-order valence-corrected chi connectivity index (χ2v) is 14.1. The van der Waals surface area contributed by atoms with E-state index in [0.29, 0.717) is 0 Å². The van der Waals surface area contributed by atoms with Crippen LogP contribution in [0, 0.1) is 0 Å². The third kappa shape index (κ3) is 4.48. The number of hydrogen-bond donors (Lipinski definition) is 0. The Hall–Kier alpha value is -6.76. The van der Waals surface area contributed by atoms with Gasteiger partial charge in [0.05, 0.1) is 0 Å². The molecule has 0 heterocycles. The molecule has 1 aliphatic rings. The van der Waals surface area contributed by atoms with Gasteiger partial charge in [0.2, 0.25) is 0 Å². The lowest BCUT2D eigenvalue weighted by atomic mass is 9.88. The Balaban J connectivity index is 1.16. The van der Waals surface area contributed by atoms with Gasteiger partial charge in [0.1, 0.15) is 0 Å². The molecular weight excluding hydrogens is 625 g/mol. The molecule has 52 heavy (non-hydrogen) atoms. The van der Waals surface area contributed by atoms with Crippen LogP contribution in [0.1, 0.15) is 0 Å². The summed E-state index contributed by atoms with van der Waals surface area (Å²) in [5.74, 6) is 0. The van der Waals surface area contributed by atoms with E-state index in [4.69, 9.17) is 0 Å². The molecule has 1 aliphatic carbocycles. The standard InChI is InChI=1S/C52H32/c1-3-12-33(13-4-1)35-19-11-20-36(26-35)41-28-42-27-40(22-23-43(42)47(32-41)34-14-5-2-6-15-34)45-24-25-46-48-29-37-16-7-8-17-38(37)30-49(48)50-31-39-18-9-10-21-44(39)51(45)52(46)50/h1-32H. The molecule has 11 rings (SSSR count). The van der Waals surface area contributed by atoms with Crippen molar-refractivity contribution in [2.45, 2.75) is 0 Å². The molecule has 0 spiro atoms. The lowest BCUT2D eigenvalue weighted by Crippen LogP contribution is -1.89. The summed E-state index contributed by atoms with van der Waals surface area (Å²) in [7, 11) is 0. The van der Waals surface area contributed by atoms with Crippen molar-refractivity contribution in [2.75, 3.05) is 0 Å². The number of rotatable bonds is 4. The Labute approximate surface area is 302 Å². The summed E-state index contributed by atoms with van der Waals surface area (Å²) in [4.78, 5) is 0. The topological polar surface area (TPSA) is 0 Å². The van der Waals surface area contributed by atoms with E-state index < -0.39 is 0 Å². The first-order chi connectivity index (χ1) is 25.8. The van der Waals surface area contributed by atoms with E-state index in [1.54, 1.807) is 0 Å². The Morgan fingerprint density at radius 1 is 0.192 bits per heavy atom. The predicted molar refractivity (Wildman–Crippen MR) is 223 cm³/mol. The van der Waals surface area contributed by atoms with Gasteiger partial charge < -0.3 is 0 Å². The van der Waals surface area contributed by atoms with Gasteiger partial charge in [0, 0.05) is 0 Å². The minimum absolute atomic E-state index is 1.22. The molecular formula is C52H32. The first-order valence-electron chi connectivity index (χ1n) is 18.1. The zero-order valence-corrected chi connectivity index (χ0v) is 28.5. The molecule has 0 nitrogen and oxygen atoms in total. The van der Waals surface area contributed by atoms with Crippen molar-refractivity contribution < 1.29 is 0 Å². The largest absolute Gasteiger partial charge is 0.0622 e. The highest BCUT2D eigenvalue weighted by Gasteiger charge is 2.25. The van der Waals surface area contributed by atoms with E-state index in [9.17, 15) is 0 Å². The van der Waals surface area contributed by atoms with Crippen molar-refractivity contribution in [2.24, 2.45) is 0 Å². The number of benzene rings is 10. The Morgan fingerprint density at radius 2 is 0.769 bits per heavy atom. The fourth-order valence-corrected chi connectivity index (χ4v) is 8.67. The molecule has 0 aromatic heterocycles. The smallest absolute Gasteiger partial charge is 0.00137 e. The minimum atomic E-state index is 1.22. The predicted octanol–water partition coefficient (Wildman–Crippen LogP) is 14.6. The molecule has 240 valence electrons. The zero-order chi connectivity index (χ0) is 34.2. The van der Waals surface area contributed by atoms with Crippen molar-refractivity contribution in [1.29, 1.82) is 0 Å². The van der Waals surface area contributed by atoms with Crippen molar-refractivity contribution in [3.05, 3.63) is 194 Å². The third-order valence-corrected chi connectivity index (χ3v) is 11.1. The Morgan fingerprint density at radius 3 is 1.54 bits per heavy atom. The quantitative estimate of drug-likeness (QED) is 0.165. The van der Waals surface area contributed by atoms with E-state index in [0.717, 1.165) is 0 Å². The number of fused-ring (bicyclic) bond motifs is 7. The highest BCUT2D eigenvalue weighted by Crippen LogP contribution is 2.53. The van der Waals surface area contributed by atoms with Crippen LogP contribution in [0.4, 0.5) is 0 Å². The van der Waals surface area contributed by atoms with Crippen LogP contribution in [0.3, 0.4) is 0 Å². The summed E-state index contributed by atoms with van der Waals surface area (Å²) in [5.41, 5.74) is 15.2. The minimum Gasteiger partial charge on any atom is -0.0622 e. The first-order valence-corrected chi connectivity index (χ1v) is 18.1. The van der Waals surface area contributed by atoms with E-state index >= 15 is 0 Å². The van der Waals surface area contributed by atoms with Gasteiger partial charge in [-0.15, -0.1) is 0 Å². The van der Waals surface area contributed by atoms with E-state index in [2.05, 4.69) is 194 Å². The molecule has 0 bridgehead atoms. The second-order valence-electron chi connectivity index (χ2n) is 14.1. The van der Waals surface area contributed by atoms with Gasteiger partial charge in [0.25, 0.3) is 0 Å². The maximum Gasteiger partial charge on any atom is -0.00137 e. The molecule has 0 aliphatic heterocycles. The normalized spacial score (nSPS) is 11.8. The lowest BCUT2D eigenvalue weighted by molar-refractivity contribution is 1.59. The van der Waals surface area contributed by atoms with E-state index in [1.165, 1.54) is 110 Å². The van der Waals surface area contributed by atoms with Gasteiger partial charge in [-0.05, 0) is 152 Å². The van der Waals surface area contributed by atoms with Gasteiger partial charge in [0.15, 0.2) is 0 Å². The van der Waals surface area contributed by atoms with Gasteiger partial charge in [-0.25, -0.2) is 0 Å². The SMILES string of the molecule is c1ccc(-c2cccc(-c3cc(-c4ccccc4)c4ccc(-c5ccc6c7c(cc8ccccc8c57)-c5cc7ccccc7cc5-6)cc4c3)c2)cc1. The second kappa shape index (κ2) is 11.4. The summed E-state index contributed by atoms with van der Waals surface area (Å²) >= 11 is 0. The Kier molecular flexibility index (Phi) is 6.35. The summed E-state index contributed by atoms with van der Waals surface area (Å²) in [6.07, 6.45) is 0. The maximum atomic E-state index is 2.42. The zero-order valence-electron chi connectivity index (χ0n) is 28.5. The fourth-order valence-electron chi connectivity index (χ4n) is 8.67. The third-order valence-electron chi connectivity index (χ3n) is 11.1. The summed E-state index contributed by atoms with van der Waals surface area (Å²) in [5, 5.41) is 10.3. The molecule has 10 aromatic carbocycles. The van der Waals surface area contributed by atoms with Crippen LogP contribution in [0.2, 0.25) is 0 Å². The fraction of sp³-hybridized carbons (Fsp3) is 0. The summed E-state index contributed by atoms with van der Waals surface area (Å²) in [6.45, 7) is 0. The van der Waals surface area contributed by atoms with Crippen molar-refractivity contribution in [1.82, 2.24) is 0 Å². The molecule has 0 N–H and O–H groups in total. The van der Waals surface area contributed by atoms with Gasteiger partial charge in [-0.2, -0.15) is 0 Å². The lowest BCUT2D eigenvalue weighted by Gasteiger charge is -2.16. The molecule has 0 saturated carbocycles. The molecule has 0 saturated heterocycles. The van der Waals surface area contributed by atoms with Crippen LogP contribution in [0.25, 0.3) is 110 Å². The molecule has 0 unspecified atom stereocenters. The van der Waals surface area contributed by atoms with Crippen LogP contribution >= 0.6 is 0 Å². The van der Waals surface area contributed by atoms with Crippen LogP contribution < -0.4 is 0 Å². The molecule has 0 atom stereocenters. The molecule has 0 heteroatoms. The van der Waals surface area contributed by atoms with E-state index in [-0.39, 0.29) is 0 Å². The van der Waals surface area contributed by atoms with Gasteiger partial charge in [-0.3, -0.25) is 0 Å². The average molecular weight is 657 g/mol. The molecule has 0 amide bonds. The van der Waals surface area contributed by atoms with Crippen LogP contribution in [-0.4, -0.2) is 0 Å². The number of hydrogen-bond acceptors (Lipinski definition) is 0. The van der Waals surface area contributed by atoms with Crippen molar-refractivity contribution in [3.63, 3.8) is 0 Å². The molecule has 0 fully saturated rings. The van der Waals surface area contributed by atoms with Crippen LogP contribution in [0.15, 0.2) is 194 Å². The highest BCUT2D eigenvalue weighted by atomic mass is 14.3. The monoisotopic (exact) mass is 656 g/mol. The van der Waals surface area contributed by atoms with Crippen LogP contribution in [0.5, 0.6) is 0 Å².